The zero-order chi connectivity index (χ0) is 18.0. The predicted octanol–water partition coefficient (Wildman–Crippen LogP) is 2.37. The van der Waals surface area contributed by atoms with Crippen molar-refractivity contribution in [3.63, 3.8) is 0 Å². The number of hydrogen-bond donors (Lipinski definition) is 2. The molecule has 1 amide bonds. The van der Waals surface area contributed by atoms with Crippen LogP contribution in [0.15, 0.2) is 18.2 Å². The van der Waals surface area contributed by atoms with E-state index in [1.54, 1.807) is 4.68 Å². The summed E-state index contributed by atoms with van der Waals surface area (Å²) in [7, 11) is 0. The van der Waals surface area contributed by atoms with Crippen molar-refractivity contribution in [2.75, 3.05) is 13.1 Å². The molecule has 2 N–H and O–H groups in total. The van der Waals surface area contributed by atoms with Gasteiger partial charge in [-0.2, -0.15) is 5.10 Å². The molecule has 1 aromatic carbocycles. The average Bonchev–Trinajstić information content (AvgIpc) is 3.18. The Balaban J connectivity index is 1.87. The summed E-state index contributed by atoms with van der Waals surface area (Å²) in [5.74, 6) is -2.06. The second kappa shape index (κ2) is 7.31. The lowest BCUT2D eigenvalue weighted by Crippen LogP contribution is -2.39. The highest BCUT2D eigenvalue weighted by Crippen LogP contribution is 2.28. The first kappa shape index (κ1) is 17.5. The van der Waals surface area contributed by atoms with Crippen LogP contribution in [0.3, 0.4) is 0 Å². The molecule has 1 aliphatic carbocycles. The summed E-state index contributed by atoms with van der Waals surface area (Å²) < 4.78 is 28.3. The Morgan fingerprint density at radius 1 is 1.32 bits per heavy atom. The van der Waals surface area contributed by atoms with Crippen molar-refractivity contribution >= 4 is 5.91 Å². The van der Waals surface area contributed by atoms with Crippen molar-refractivity contribution in [3.05, 3.63) is 46.8 Å². The fourth-order valence-corrected chi connectivity index (χ4v) is 3.20. The van der Waals surface area contributed by atoms with Gasteiger partial charge in [-0.15, -0.1) is 0 Å². The maximum Gasteiger partial charge on any atom is 0.272 e. The van der Waals surface area contributed by atoms with Gasteiger partial charge in [0.1, 0.15) is 0 Å². The number of benzene rings is 1. The highest BCUT2D eigenvalue weighted by atomic mass is 19.2. The van der Waals surface area contributed by atoms with E-state index >= 15 is 0 Å². The van der Waals surface area contributed by atoms with Gasteiger partial charge in [0.25, 0.3) is 5.91 Å². The molecule has 1 heterocycles. The Hall–Kier alpha value is -2.28. The van der Waals surface area contributed by atoms with Gasteiger partial charge >= 0.3 is 0 Å². The van der Waals surface area contributed by atoms with Crippen LogP contribution in [-0.4, -0.2) is 34.8 Å². The first-order chi connectivity index (χ1) is 12.0. The monoisotopic (exact) mass is 348 g/mol. The van der Waals surface area contributed by atoms with E-state index in [1.807, 2.05) is 13.8 Å². The molecule has 0 saturated carbocycles. The lowest BCUT2D eigenvalue weighted by atomic mass is 10.2. The van der Waals surface area contributed by atoms with Crippen LogP contribution in [0.4, 0.5) is 8.78 Å². The molecule has 0 saturated heterocycles. The molecular weight excluding hydrogens is 326 g/mol. The number of carbonyl (C=O) groups is 1. The van der Waals surface area contributed by atoms with Crippen LogP contribution >= 0.6 is 0 Å². The molecule has 1 atom stereocenters. The maximum absolute atomic E-state index is 13.6. The number of rotatable bonds is 6. The van der Waals surface area contributed by atoms with Crippen molar-refractivity contribution in [2.45, 2.75) is 39.2 Å². The van der Waals surface area contributed by atoms with Crippen LogP contribution < -0.4 is 10.6 Å². The van der Waals surface area contributed by atoms with Gasteiger partial charge in [0, 0.05) is 29.9 Å². The Labute approximate surface area is 145 Å². The van der Waals surface area contributed by atoms with Gasteiger partial charge in [-0.3, -0.25) is 4.79 Å². The second-order valence-electron chi connectivity index (χ2n) is 6.31. The van der Waals surface area contributed by atoms with E-state index in [9.17, 15) is 13.6 Å². The fraction of sp³-hybridized carbons (Fsp3) is 0.444. The van der Waals surface area contributed by atoms with Crippen LogP contribution in [-0.2, 0) is 12.8 Å². The van der Waals surface area contributed by atoms with E-state index in [0.717, 1.165) is 49.2 Å². The number of aromatic nitrogens is 2. The Kier molecular flexibility index (Phi) is 5.13. The van der Waals surface area contributed by atoms with Crippen molar-refractivity contribution < 1.29 is 13.6 Å². The molecule has 0 spiro atoms. The van der Waals surface area contributed by atoms with E-state index in [1.165, 1.54) is 6.07 Å². The minimum Gasteiger partial charge on any atom is -0.349 e. The molecule has 0 unspecified atom stereocenters. The summed E-state index contributed by atoms with van der Waals surface area (Å²) in [4.78, 5) is 12.5. The third-order valence-corrected chi connectivity index (χ3v) is 4.41. The highest BCUT2D eigenvalue weighted by molar-refractivity contribution is 5.94. The lowest BCUT2D eigenvalue weighted by molar-refractivity contribution is 0.0944. The number of fused-ring (bicyclic) bond motifs is 1. The van der Waals surface area contributed by atoms with Gasteiger partial charge in [-0.1, -0.05) is 6.92 Å². The van der Waals surface area contributed by atoms with Crippen molar-refractivity contribution in [3.8, 4) is 5.69 Å². The largest absolute Gasteiger partial charge is 0.349 e. The second-order valence-corrected chi connectivity index (χ2v) is 6.31. The van der Waals surface area contributed by atoms with Crippen LogP contribution in [0.5, 0.6) is 0 Å². The number of nitrogens with zero attached hydrogens (tertiary/aromatic N) is 2. The first-order valence-electron chi connectivity index (χ1n) is 8.59. The molecule has 3 rings (SSSR count). The fourth-order valence-electron chi connectivity index (χ4n) is 3.20. The lowest BCUT2D eigenvalue weighted by Gasteiger charge is -2.12. The van der Waals surface area contributed by atoms with E-state index in [-0.39, 0.29) is 11.9 Å². The molecule has 1 aromatic heterocycles. The van der Waals surface area contributed by atoms with Gasteiger partial charge in [-0.25, -0.2) is 13.5 Å². The molecule has 0 aliphatic heterocycles. The third kappa shape index (κ3) is 3.56. The summed E-state index contributed by atoms with van der Waals surface area (Å²) in [6.07, 6.45) is 2.46. The van der Waals surface area contributed by atoms with Gasteiger partial charge in [0.05, 0.1) is 5.69 Å². The summed E-state index contributed by atoms with van der Waals surface area (Å²) in [6, 6.07) is 3.82. The minimum absolute atomic E-state index is 0.162. The Morgan fingerprint density at radius 3 is 2.84 bits per heavy atom. The number of amides is 1. The SMILES string of the molecule is CCN[C@H](C)CNC(=O)c1nn(-c2ccc(F)c(F)c2)c2c1CCC2. The minimum atomic E-state index is -0.926. The molecule has 1 aliphatic rings. The third-order valence-electron chi connectivity index (χ3n) is 4.41. The topological polar surface area (TPSA) is 58.9 Å². The van der Waals surface area contributed by atoms with Gasteiger partial charge < -0.3 is 10.6 Å². The first-order valence-corrected chi connectivity index (χ1v) is 8.59. The molecule has 2 aromatic rings. The smallest absolute Gasteiger partial charge is 0.272 e. The molecular formula is C18H22F2N4O. The van der Waals surface area contributed by atoms with E-state index in [0.29, 0.717) is 17.9 Å². The predicted molar refractivity (Wildman–Crippen MR) is 91.0 cm³/mol. The molecule has 7 heteroatoms. The standard InChI is InChI=1S/C18H22F2N4O/c1-3-21-11(2)10-22-18(25)17-13-5-4-6-16(13)24(23-17)12-7-8-14(19)15(20)9-12/h7-9,11,21H,3-6,10H2,1-2H3,(H,22,25)/t11-/m1/s1. The number of carbonyl (C=O) groups excluding carboxylic acids is 1. The van der Waals surface area contributed by atoms with E-state index < -0.39 is 11.6 Å². The van der Waals surface area contributed by atoms with Gasteiger partial charge in [0.2, 0.25) is 0 Å². The quantitative estimate of drug-likeness (QED) is 0.843. The van der Waals surface area contributed by atoms with E-state index in [2.05, 4.69) is 15.7 Å². The summed E-state index contributed by atoms with van der Waals surface area (Å²) >= 11 is 0. The Bertz CT molecular complexity index is 788. The van der Waals surface area contributed by atoms with Crippen LogP contribution in [0.2, 0.25) is 0 Å². The Morgan fingerprint density at radius 2 is 2.12 bits per heavy atom. The molecule has 5 nitrogen and oxygen atoms in total. The maximum atomic E-state index is 13.6. The van der Waals surface area contributed by atoms with Crippen LogP contribution in [0, 0.1) is 11.6 Å². The summed E-state index contributed by atoms with van der Waals surface area (Å²) in [5, 5.41) is 10.5. The zero-order valence-corrected chi connectivity index (χ0v) is 14.4. The molecule has 0 radical (unpaired) electrons. The number of halogens is 2. The van der Waals surface area contributed by atoms with Crippen molar-refractivity contribution in [2.24, 2.45) is 0 Å². The summed E-state index contributed by atoms with van der Waals surface area (Å²) in [5.41, 5.74) is 2.60. The normalized spacial score (nSPS) is 14.4. The zero-order valence-electron chi connectivity index (χ0n) is 14.4. The molecule has 134 valence electrons. The molecule has 0 bridgehead atoms. The van der Waals surface area contributed by atoms with Crippen molar-refractivity contribution in [1.82, 2.24) is 20.4 Å². The van der Waals surface area contributed by atoms with E-state index in [4.69, 9.17) is 0 Å². The van der Waals surface area contributed by atoms with Gasteiger partial charge in [-0.05, 0) is 44.9 Å². The molecule has 25 heavy (non-hydrogen) atoms. The number of nitrogens with one attached hydrogen (secondary N) is 2. The van der Waals surface area contributed by atoms with Gasteiger partial charge in [0.15, 0.2) is 17.3 Å². The average molecular weight is 348 g/mol. The highest BCUT2D eigenvalue weighted by Gasteiger charge is 2.27. The summed E-state index contributed by atoms with van der Waals surface area (Å²) in [6.45, 7) is 5.33. The number of likely N-dealkylation sites (N-methyl/N-ethyl adjacent to an activating group) is 1. The van der Waals surface area contributed by atoms with Crippen LogP contribution in [0.25, 0.3) is 5.69 Å². The van der Waals surface area contributed by atoms with Crippen molar-refractivity contribution in [1.29, 1.82) is 0 Å². The van der Waals surface area contributed by atoms with Crippen LogP contribution in [0.1, 0.15) is 42.0 Å². The number of hydrogen-bond acceptors (Lipinski definition) is 3. The molecule has 0 fully saturated rings.